The van der Waals surface area contributed by atoms with Gasteiger partial charge in [-0.25, -0.2) is 4.98 Å². The molecule has 0 aliphatic carbocycles. The van der Waals surface area contributed by atoms with Crippen LogP contribution in [0, 0.1) is 0 Å². The van der Waals surface area contributed by atoms with Crippen LogP contribution in [0.15, 0.2) is 10.4 Å². The zero-order chi connectivity index (χ0) is 19.6. The molecular weight excluding hydrogens is 483 g/mol. The third-order valence-electron chi connectivity index (χ3n) is 4.89. The highest BCUT2D eigenvalue weighted by Gasteiger charge is 2.15. The van der Waals surface area contributed by atoms with Crippen molar-refractivity contribution in [3.63, 3.8) is 0 Å². The minimum absolute atomic E-state index is 0. The minimum Gasteiger partial charge on any atom is -0.357 e. The normalized spacial score (nSPS) is 14.9. The Morgan fingerprint density at radius 3 is 2.50 bits per heavy atom. The second-order valence-corrected chi connectivity index (χ2v) is 8.51. The van der Waals surface area contributed by atoms with E-state index < -0.39 is 0 Å². The molecular formula is C20H39IN6S. The first-order valence-electron chi connectivity index (χ1n) is 10.5. The summed E-state index contributed by atoms with van der Waals surface area (Å²) in [4.78, 5) is 14.4. The lowest BCUT2D eigenvalue weighted by Crippen LogP contribution is -2.41. The van der Waals surface area contributed by atoms with Gasteiger partial charge < -0.3 is 15.5 Å². The van der Waals surface area contributed by atoms with Gasteiger partial charge in [-0.2, -0.15) is 0 Å². The molecule has 0 bridgehead atoms. The lowest BCUT2D eigenvalue weighted by molar-refractivity contribution is 0.181. The van der Waals surface area contributed by atoms with Crippen molar-refractivity contribution >= 4 is 46.4 Å². The molecule has 0 atom stereocenters. The number of aromatic nitrogens is 1. The molecule has 1 saturated heterocycles. The number of hydrogen-bond acceptors (Lipinski definition) is 5. The number of nitrogens with zero attached hydrogens (tertiary/aromatic N) is 4. The Balaban J connectivity index is 0.00000392. The van der Waals surface area contributed by atoms with E-state index in [2.05, 4.69) is 60.4 Å². The van der Waals surface area contributed by atoms with Gasteiger partial charge in [-0.1, -0.05) is 0 Å². The highest BCUT2D eigenvalue weighted by molar-refractivity contribution is 14.0. The van der Waals surface area contributed by atoms with E-state index in [9.17, 15) is 0 Å². The summed E-state index contributed by atoms with van der Waals surface area (Å²) >= 11 is 1.77. The number of aliphatic imine (C=N–C) groups is 1. The van der Waals surface area contributed by atoms with Gasteiger partial charge in [0.2, 0.25) is 0 Å². The second-order valence-electron chi connectivity index (χ2n) is 7.68. The number of rotatable bonds is 10. The number of halogens is 1. The van der Waals surface area contributed by atoms with Gasteiger partial charge in [0.05, 0.1) is 12.2 Å². The summed E-state index contributed by atoms with van der Waals surface area (Å²) in [6, 6.07) is 1.09. The van der Waals surface area contributed by atoms with Crippen molar-refractivity contribution in [3.05, 3.63) is 11.1 Å². The van der Waals surface area contributed by atoms with E-state index in [-0.39, 0.29) is 24.0 Å². The molecule has 1 aromatic rings. The van der Waals surface area contributed by atoms with Crippen molar-refractivity contribution in [3.8, 4) is 0 Å². The van der Waals surface area contributed by atoms with Gasteiger partial charge in [0.1, 0.15) is 0 Å². The first kappa shape index (κ1) is 25.4. The van der Waals surface area contributed by atoms with Crippen LogP contribution in [0.1, 0.15) is 53.2 Å². The van der Waals surface area contributed by atoms with E-state index >= 15 is 0 Å². The highest BCUT2D eigenvalue weighted by atomic mass is 127. The lowest BCUT2D eigenvalue weighted by Gasteiger charge is -2.29. The molecule has 162 valence electrons. The molecule has 0 unspecified atom stereocenters. The quantitative estimate of drug-likeness (QED) is 0.280. The summed E-state index contributed by atoms with van der Waals surface area (Å²) in [5.41, 5.74) is 1.18. The fourth-order valence-electron chi connectivity index (χ4n) is 3.51. The standard InChI is InChI=1S/C20H38N6S.HI/c1-6-21-19(23-11-14-26(16(2)3)17(4)5)22-10-9-18-15-27-20(24-18)25-12-7-8-13-25;/h15-17H,6-14H2,1-5H3,(H2,21,22,23);1H. The molecule has 0 amide bonds. The van der Waals surface area contributed by atoms with Crippen LogP contribution in [0.25, 0.3) is 0 Å². The van der Waals surface area contributed by atoms with Crippen molar-refractivity contribution in [2.24, 2.45) is 4.99 Å². The molecule has 8 heteroatoms. The maximum Gasteiger partial charge on any atom is 0.191 e. The Morgan fingerprint density at radius 2 is 1.89 bits per heavy atom. The van der Waals surface area contributed by atoms with E-state index in [4.69, 9.17) is 9.98 Å². The number of guanidine groups is 1. The SMILES string of the molecule is CCNC(=NCCN(C(C)C)C(C)C)NCCc1csc(N2CCCC2)n1.I. The minimum atomic E-state index is 0. The maximum atomic E-state index is 4.80. The molecule has 2 heterocycles. The summed E-state index contributed by atoms with van der Waals surface area (Å²) in [7, 11) is 0. The first-order valence-corrected chi connectivity index (χ1v) is 11.4. The van der Waals surface area contributed by atoms with Gasteiger partial charge >= 0.3 is 0 Å². The predicted octanol–water partition coefficient (Wildman–Crippen LogP) is 3.58. The molecule has 0 radical (unpaired) electrons. The summed E-state index contributed by atoms with van der Waals surface area (Å²) in [6.45, 7) is 16.9. The molecule has 1 aliphatic rings. The third kappa shape index (κ3) is 8.41. The number of hydrogen-bond donors (Lipinski definition) is 2. The Morgan fingerprint density at radius 1 is 1.21 bits per heavy atom. The van der Waals surface area contributed by atoms with Crippen LogP contribution >= 0.6 is 35.3 Å². The molecule has 0 saturated carbocycles. The van der Waals surface area contributed by atoms with E-state index in [1.807, 2.05) is 0 Å². The fourth-order valence-corrected chi connectivity index (χ4v) is 4.42. The van der Waals surface area contributed by atoms with E-state index in [1.165, 1.54) is 23.7 Å². The van der Waals surface area contributed by atoms with Gasteiger partial charge in [0, 0.05) is 56.6 Å². The summed E-state index contributed by atoms with van der Waals surface area (Å²) < 4.78 is 0. The van der Waals surface area contributed by atoms with Crippen molar-refractivity contribution in [1.82, 2.24) is 20.5 Å². The molecule has 28 heavy (non-hydrogen) atoms. The van der Waals surface area contributed by atoms with Crippen LogP contribution in [0.4, 0.5) is 5.13 Å². The molecule has 1 aromatic heterocycles. The molecule has 2 rings (SSSR count). The van der Waals surface area contributed by atoms with Gasteiger partial charge in [-0.05, 0) is 47.5 Å². The lowest BCUT2D eigenvalue weighted by atomic mass is 10.2. The van der Waals surface area contributed by atoms with Crippen LogP contribution in [-0.2, 0) is 6.42 Å². The van der Waals surface area contributed by atoms with Crippen LogP contribution < -0.4 is 15.5 Å². The number of thiazole rings is 1. The zero-order valence-electron chi connectivity index (χ0n) is 18.2. The largest absolute Gasteiger partial charge is 0.357 e. The van der Waals surface area contributed by atoms with Crippen LogP contribution in [0.2, 0.25) is 0 Å². The van der Waals surface area contributed by atoms with Crippen LogP contribution in [0.5, 0.6) is 0 Å². The van der Waals surface area contributed by atoms with Crippen molar-refractivity contribution in [1.29, 1.82) is 0 Å². The average Bonchev–Trinajstić information content (AvgIpc) is 3.29. The third-order valence-corrected chi connectivity index (χ3v) is 5.84. The van der Waals surface area contributed by atoms with Crippen LogP contribution in [0.3, 0.4) is 0 Å². The maximum absolute atomic E-state index is 4.80. The van der Waals surface area contributed by atoms with Crippen molar-refractivity contribution in [2.75, 3.05) is 44.2 Å². The van der Waals surface area contributed by atoms with Crippen molar-refractivity contribution < 1.29 is 0 Å². The van der Waals surface area contributed by atoms with E-state index in [0.29, 0.717) is 12.1 Å². The Kier molecular flexibility index (Phi) is 12.3. The topological polar surface area (TPSA) is 55.8 Å². The van der Waals surface area contributed by atoms with E-state index in [0.717, 1.165) is 51.6 Å². The molecule has 2 N–H and O–H groups in total. The Hall–Kier alpha value is -0.610. The Bertz CT molecular complexity index is 561. The zero-order valence-corrected chi connectivity index (χ0v) is 21.3. The molecule has 1 fully saturated rings. The Labute approximate surface area is 192 Å². The molecule has 6 nitrogen and oxygen atoms in total. The fraction of sp³-hybridized carbons (Fsp3) is 0.800. The molecule has 1 aliphatic heterocycles. The van der Waals surface area contributed by atoms with E-state index in [1.54, 1.807) is 11.3 Å². The van der Waals surface area contributed by atoms with Crippen LogP contribution in [-0.4, -0.2) is 67.2 Å². The monoisotopic (exact) mass is 522 g/mol. The summed E-state index contributed by atoms with van der Waals surface area (Å²) in [5, 5.41) is 10.2. The second kappa shape index (κ2) is 13.6. The average molecular weight is 523 g/mol. The van der Waals surface area contributed by atoms with Gasteiger partial charge in [0.15, 0.2) is 11.1 Å². The highest BCUT2D eigenvalue weighted by Crippen LogP contribution is 2.24. The number of anilines is 1. The summed E-state index contributed by atoms with van der Waals surface area (Å²) in [5.74, 6) is 0.903. The van der Waals surface area contributed by atoms with Gasteiger partial charge in [-0.3, -0.25) is 9.89 Å². The summed E-state index contributed by atoms with van der Waals surface area (Å²) in [6.07, 6.45) is 3.52. The molecule has 0 spiro atoms. The number of nitrogens with one attached hydrogen (secondary N) is 2. The smallest absolute Gasteiger partial charge is 0.191 e. The first-order chi connectivity index (χ1) is 13.0. The molecule has 0 aromatic carbocycles. The van der Waals surface area contributed by atoms with Crippen molar-refractivity contribution in [2.45, 2.75) is 66.0 Å². The van der Waals surface area contributed by atoms with Gasteiger partial charge in [0.25, 0.3) is 0 Å². The van der Waals surface area contributed by atoms with Gasteiger partial charge in [-0.15, -0.1) is 35.3 Å². The predicted molar refractivity (Wildman–Crippen MR) is 134 cm³/mol.